The van der Waals surface area contributed by atoms with Crippen molar-refractivity contribution in [2.24, 2.45) is 22.7 Å². The minimum absolute atomic E-state index is 0.0229. The number of carbonyl (C=O) groups excluding carboxylic acids is 1. The first-order chi connectivity index (χ1) is 9.56. The molecular weight excluding hydrogens is 274 g/mol. The molecule has 0 aromatic carbocycles. The third-order valence-electron chi connectivity index (χ3n) is 3.39. The smallest absolute Gasteiger partial charge is 0.263 e. The molecule has 6 heteroatoms. The Morgan fingerprint density at radius 1 is 1.50 bits per heavy atom. The predicted molar refractivity (Wildman–Crippen MR) is 80.5 cm³/mol. The van der Waals surface area contributed by atoms with Gasteiger partial charge in [0.15, 0.2) is 12.4 Å². The van der Waals surface area contributed by atoms with Crippen LogP contribution in [0.2, 0.25) is 0 Å². The molecule has 2 N–H and O–H groups in total. The van der Waals surface area contributed by atoms with E-state index in [4.69, 9.17) is 10.6 Å². The van der Waals surface area contributed by atoms with Crippen molar-refractivity contribution in [2.75, 3.05) is 19.7 Å². The molecule has 1 amide bonds. The molecule has 2 unspecified atom stereocenters. The van der Waals surface area contributed by atoms with Crippen LogP contribution in [-0.2, 0) is 9.63 Å². The highest BCUT2D eigenvalue weighted by atomic mass is 32.1. The summed E-state index contributed by atoms with van der Waals surface area (Å²) in [6, 6.07) is 1.86. The van der Waals surface area contributed by atoms with Crippen molar-refractivity contribution in [1.29, 1.82) is 0 Å². The molecule has 0 bridgehead atoms. The minimum atomic E-state index is -0.0513. The summed E-state index contributed by atoms with van der Waals surface area (Å²) in [6.07, 6.45) is 1.17. The fourth-order valence-electron chi connectivity index (χ4n) is 2.58. The van der Waals surface area contributed by atoms with Gasteiger partial charge in [0.05, 0.1) is 0 Å². The Hall–Kier alpha value is -1.56. The van der Waals surface area contributed by atoms with E-state index in [9.17, 15) is 4.79 Å². The third-order valence-corrected chi connectivity index (χ3v) is 4.07. The van der Waals surface area contributed by atoms with E-state index in [2.05, 4.69) is 19.0 Å². The van der Waals surface area contributed by atoms with Crippen LogP contribution in [0.3, 0.4) is 0 Å². The van der Waals surface area contributed by atoms with Gasteiger partial charge in [-0.15, -0.1) is 0 Å². The number of hydrogen-bond acceptors (Lipinski definition) is 4. The molecule has 0 aliphatic carbocycles. The lowest BCUT2D eigenvalue weighted by atomic mass is 9.92. The van der Waals surface area contributed by atoms with Gasteiger partial charge in [0.1, 0.15) is 0 Å². The molecule has 110 valence electrons. The summed E-state index contributed by atoms with van der Waals surface area (Å²) in [5, 5.41) is 7.60. The number of nitrogens with two attached hydrogens (primary N) is 1. The lowest BCUT2D eigenvalue weighted by Gasteiger charge is -2.34. The van der Waals surface area contributed by atoms with Crippen LogP contribution in [0.15, 0.2) is 22.0 Å². The van der Waals surface area contributed by atoms with Gasteiger partial charge in [-0.3, -0.25) is 4.79 Å². The lowest BCUT2D eigenvalue weighted by molar-refractivity contribution is -0.138. The summed E-state index contributed by atoms with van der Waals surface area (Å²) in [7, 11) is 0. The Labute approximate surface area is 123 Å². The number of oxime groups is 1. The molecular formula is C14H21N3O2S. The molecule has 1 aromatic rings. The van der Waals surface area contributed by atoms with Crippen LogP contribution in [-0.4, -0.2) is 36.3 Å². The van der Waals surface area contributed by atoms with Gasteiger partial charge in [-0.2, -0.15) is 11.3 Å². The van der Waals surface area contributed by atoms with Crippen molar-refractivity contribution in [2.45, 2.75) is 20.3 Å². The van der Waals surface area contributed by atoms with Crippen molar-refractivity contribution < 1.29 is 9.63 Å². The van der Waals surface area contributed by atoms with E-state index in [-0.39, 0.29) is 12.5 Å². The molecule has 0 saturated carbocycles. The number of nitrogens with zero attached hydrogens (tertiary/aromatic N) is 2. The maximum absolute atomic E-state index is 12.1. The monoisotopic (exact) mass is 295 g/mol. The summed E-state index contributed by atoms with van der Waals surface area (Å²) in [5.41, 5.74) is 6.58. The molecule has 1 fully saturated rings. The van der Waals surface area contributed by atoms with E-state index in [0.29, 0.717) is 17.7 Å². The largest absolute Gasteiger partial charge is 0.384 e. The van der Waals surface area contributed by atoms with Gasteiger partial charge in [-0.25, -0.2) is 0 Å². The molecule has 1 aliphatic rings. The highest BCUT2D eigenvalue weighted by molar-refractivity contribution is 7.08. The summed E-state index contributed by atoms with van der Waals surface area (Å²) >= 11 is 1.54. The van der Waals surface area contributed by atoms with Crippen LogP contribution in [0.1, 0.15) is 25.8 Å². The van der Waals surface area contributed by atoms with Gasteiger partial charge < -0.3 is 15.5 Å². The first-order valence-corrected chi connectivity index (χ1v) is 7.76. The van der Waals surface area contributed by atoms with Gasteiger partial charge >= 0.3 is 0 Å². The maximum atomic E-state index is 12.1. The molecule has 0 spiro atoms. The number of thiophene rings is 1. The molecule has 0 radical (unpaired) electrons. The van der Waals surface area contributed by atoms with Crippen LogP contribution < -0.4 is 5.73 Å². The van der Waals surface area contributed by atoms with Crippen molar-refractivity contribution in [3.05, 3.63) is 22.4 Å². The summed E-state index contributed by atoms with van der Waals surface area (Å²) in [6.45, 7) is 5.89. The minimum Gasteiger partial charge on any atom is -0.384 e. The number of rotatable bonds is 4. The molecule has 2 rings (SSSR count). The molecule has 5 nitrogen and oxygen atoms in total. The second kappa shape index (κ2) is 6.74. The van der Waals surface area contributed by atoms with Crippen LogP contribution in [0, 0.1) is 11.8 Å². The second-order valence-electron chi connectivity index (χ2n) is 5.51. The normalized spacial score (nSPS) is 23.7. The van der Waals surface area contributed by atoms with Crippen molar-refractivity contribution in [1.82, 2.24) is 4.90 Å². The standard InChI is InChI=1S/C14H21N3O2S/c1-10-5-11(2)7-17(6-10)13(18)8-19-16-14(15)12-3-4-20-9-12/h3-4,9-11H,5-8H2,1-2H3,(H2,15,16). The van der Waals surface area contributed by atoms with E-state index in [0.717, 1.165) is 18.7 Å². The Morgan fingerprint density at radius 3 is 2.80 bits per heavy atom. The van der Waals surface area contributed by atoms with Gasteiger partial charge in [0.25, 0.3) is 5.91 Å². The van der Waals surface area contributed by atoms with Gasteiger partial charge in [0.2, 0.25) is 0 Å². The Kier molecular flexibility index (Phi) is 5.00. The van der Waals surface area contributed by atoms with E-state index in [1.807, 2.05) is 21.7 Å². The average molecular weight is 295 g/mol. The first-order valence-electron chi connectivity index (χ1n) is 6.82. The number of hydrogen-bond donors (Lipinski definition) is 1. The summed E-state index contributed by atoms with van der Waals surface area (Å²) in [4.78, 5) is 19.0. The third kappa shape index (κ3) is 3.96. The Balaban J connectivity index is 1.82. The quantitative estimate of drug-likeness (QED) is 0.524. The Morgan fingerprint density at radius 2 is 2.20 bits per heavy atom. The SMILES string of the molecule is CC1CC(C)CN(C(=O)CO/N=C(\N)c2ccsc2)C1. The predicted octanol–water partition coefficient (Wildman–Crippen LogP) is 1.89. The lowest BCUT2D eigenvalue weighted by Crippen LogP contribution is -2.44. The highest BCUT2D eigenvalue weighted by Crippen LogP contribution is 2.20. The van der Waals surface area contributed by atoms with Gasteiger partial charge in [0, 0.05) is 24.0 Å². The summed E-state index contributed by atoms with van der Waals surface area (Å²) < 4.78 is 0. The fraction of sp³-hybridized carbons (Fsp3) is 0.571. The van der Waals surface area contributed by atoms with Crippen LogP contribution >= 0.6 is 11.3 Å². The number of likely N-dealkylation sites (tertiary alicyclic amines) is 1. The topological polar surface area (TPSA) is 67.9 Å². The van der Waals surface area contributed by atoms with Crippen molar-refractivity contribution in [3.8, 4) is 0 Å². The number of piperidine rings is 1. The summed E-state index contributed by atoms with van der Waals surface area (Å²) in [5.74, 6) is 1.37. The molecule has 2 heterocycles. The molecule has 1 saturated heterocycles. The van der Waals surface area contributed by atoms with Gasteiger partial charge in [-0.1, -0.05) is 19.0 Å². The fourth-order valence-corrected chi connectivity index (χ4v) is 3.23. The second-order valence-corrected chi connectivity index (χ2v) is 6.29. The van der Waals surface area contributed by atoms with Crippen LogP contribution in [0.5, 0.6) is 0 Å². The van der Waals surface area contributed by atoms with Gasteiger partial charge in [-0.05, 0) is 29.7 Å². The molecule has 20 heavy (non-hydrogen) atoms. The van der Waals surface area contributed by atoms with E-state index in [1.54, 1.807) is 0 Å². The highest BCUT2D eigenvalue weighted by Gasteiger charge is 2.25. The van der Waals surface area contributed by atoms with Crippen molar-refractivity contribution >= 4 is 23.1 Å². The number of amides is 1. The first kappa shape index (κ1) is 14.8. The molecule has 1 aliphatic heterocycles. The maximum Gasteiger partial charge on any atom is 0.263 e. The number of amidine groups is 1. The van der Waals surface area contributed by atoms with Crippen LogP contribution in [0.25, 0.3) is 0 Å². The zero-order valence-electron chi connectivity index (χ0n) is 11.9. The van der Waals surface area contributed by atoms with Crippen LogP contribution in [0.4, 0.5) is 0 Å². The average Bonchev–Trinajstić information content (AvgIpc) is 2.91. The van der Waals surface area contributed by atoms with E-state index in [1.165, 1.54) is 17.8 Å². The molecule has 1 aromatic heterocycles. The Bertz CT molecular complexity index is 463. The van der Waals surface area contributed by atoms with Crippen molar-refractivity contribution in [3.63, 3.8) is 0 Å². The number of carbonyl (C=O) groups is 1. The zero-order valence-corrected chi connectivity index (χ0v) is 12.7. The van der Waals surface area contributed by atoms with E-state index < -0.39 is 0 Å². The van der Waals surface area contributed by atoms with E-state index >= 15 is 0 Å². The molecule has 2 atom stereocenters. The zero-order chi connectivity index (χ0) is 14.5.